The van der Waals surface area contributed by atoms with E-state index in [1.165, 1.54) is 0 Å². The van der Waals surface area contributed by atoms with Gasteiger partial charge in [-0.1, -0.05) is 20.8 Å². The lowest BCUT2D eigenvalue weighted by atomic mass is 9.72. The summed E-state index contributed by atoms with van der Waals surface area (Å²) in [7, 11) is 0. The SMILES string of the molecule is CC1CC(C)(C)C(C)C(=O)N1. The van der Waals surface area contributed by atoms with Crippen LogP contribution >= 0.6 is 0 Å². The van der Waals surface area contributed by atoms with Crippen molar-refractivity contribution >= 4 is 5.91 Å². The number of carbonyl (C=O) groups excluding carboxylic acids is 1. The summed E-state index contributed by atoms with van der Waals surface area (Å²) in [6.45, 7) is 8.38. The Morgan fingerprint density at radius 3 is 2.45 bits per heavy atom. The molecule has 11 heavy (non-hydrogen) atoms. The van der Waals surface area contributed by atoms with E-state index < -0.39 is 0 Å². The third-order valence-electron chi connectivity index (χ3n) is 2.79. The van der Waals surface area contributed by atoms with Gasteiger partial charge in [0.05, 0.1) is 0 Å². The molecule has 1 fully saturated rings. The van der Waals surface area contributed by atoms with Crippen molar-refractivity contribution in [2.45, 2.75) is 40.2 Å². The van der Waals surface area contributed by atoms with E-state index in [1.807, 2.05) is 6.92 Å². The summed E-state index contributed by atoms with van der Waals surface area (Å²) in [5.74, 6) is 0.354. The summed E-state index contributed by atoms with van der Waals surface area (Å²) in [6.07, 6.45) is 1.08. The van der Waals surface area contributed by atoms with E-state index in [0.717, 1.165) is 6.42 Å². The molecule has 1 aliphatic rings. The standard InChI is InChI=1S/C9H17NO/c1-6-5-9(3,4)7(2)8(11)10-6/h6-7H,5H2,1-4H3,(H,10,11). The van der Waals surface area contributed by atoms with Crippen molar-refractivity contribution in [2.75, 3.05) is 0 Å². The second-order valence-corrected chi connectivity index (χ2v) is 4.32. The van der Waals surface area contributed by atoms with Crippen molar-refractivity contribution in [3.05, 3.63) is 0 Å². The molecule has 0 saturated carbocycles. The first-order valence-corrected chi connectivity index (χ1v) is 4.24. The minimum absolute atomic E-state index is 0.152. The van der Waals surface area contributed by atoms with Crippen molar-refractivity contribution in [2.24, 2.45) is 11.3 Å². The number of amides is 1. The van der Waals surface area contributed by atoms with Crippen LogP contribution in [0.1, 0.15) is 34.1 Å². The highest BCUT2D eigenvalue weighted by Crippen LogP contribution is 2.34. The van der Waals surface area contributed by atoms with Crippen LogP contribution in [-0.4, -0.2) is 11.9 Å². The second kappa shape index (κ2) is 2.50. The van der Waals surface area contributed by atoms with Crippen LogP contribution in [0, 0.1) is 11.3 Å². The van der Waals surface area contributed by atoms with Crippen molar-refractivity contribution in [1.82, 2.24) is 5.32 Å². The molecule has 0 bridgehead atoms. The molecule has 1 heterocycles. The van der Waals surface area contributed by atoms with Gasteiger partial charge in [-0.2, -0.15) is 0 Å². The second-order valence-electron chi connectivity index (χ2n) is 4.32. The topological polar surface area (TPSA) is 29.1 Å². The van der Waals surface area contributed by atoms with E-state index in [2.05, 4.69) is 26.1 Å². The molecule has 0 aromatic carbocycles. The zero-order valence-electron chi connectivity index (χ0n) is 7.77. The summed E-state index contributed by atoms with van der Waals surface area (Å²) in [5.41, 5.74) is 0.168. The number of nitrogens with one attached hydrogen (secondary N) is 1. The fourth-order valence-electron chi connectivity index (χ4n) is 1.74. The van der Waals surface area contributed by atoms with Gasteiger partial charge in [0.2, 0.25) is 5.91 Å². The Balaban J connectivity index is 2.75. The van der Waals surface area contributed by atoms with E-state index in [4.69, 9.17) is 0 Å². The lowest BCUT2D eigenvalue weighted by Crippen LogP contribution is -2.49. The minimum atomic E-state index is 0.152. The molecular weight excluding hydrogens is 138 g/mol. The number of rotatable bonds is 0. The third-order valence-corrected chi connectivity index (χ3v) is 2.79. The van der Waals surface area contributed by atoms with E-state index in [1.54, 1.807) is 0 Å². The molecule has 1 N–H and O–H groups in total. The Morgan fingerprint density at radius 2 is 2.00 bits per heavy atom. The minimum Gasteiger partial charge on any atom is -0.353 e. The maximum atomic E-state index is 11.3. The molecule has 0 aliphatic carbocycles. The van der Waals surface area contributed by atoms with Gasteiger partial charge in [0, 0.05) is 12.0 Å². The van der Waals surface area contributed by atoms with Crippen molar-refractivity contribution < 1.29 is 4.79 Å². The largest absolute Gasteiger partial charge is 0.353 e. The first kappa shape index (κ1) is 8.57. The van der Waals surface area contributed by atoms with Crippen molar-refractivity contribution in [3.63, 3.8) is 0 Å². The van der Waals surface area contributed by atoms with Gasteiger partial charge >= 0.3 is 0 Å². The fourth-order valence-corrected chi connectivity index (χ4v) is 1.74. The number of piperidine rings is 1. The normalized spacial score (nSPS) is 36.5. The van der Waals surface area contributed by atoms with Gasteiger partial charge in [-0.25, -0.2) is 0 Å². The Hall–Kier alpha value is -0.530. The molecule has 0 aromatic rings. The van der Waals surface area contributed by atoms with Crippen LogP contribution in [0.15, 0.2) is 0 Å². The van der Waals surface area contributed by atoms with Gasteiger partial charge in [0.25, 0.3) is 0 Å². The summed E-state index contributed by atoms with van der Waals surface area (Å²) in [6, 6.07) is 0.341. The smallest absolute Gasteiger partial charge is 0.223 e. The highest BCUT2D eigenvalue weighted by Gasteiger charge is 2.37. The third kappa shape index (κ3) is 1.55. The monoisotopic (exact) mass is 155 g/mol. The average Bonchev–Trinajstić information content (AvgIpc) is 1.81. The Kier molecular flexibility index (Phi) is 1.95. The Morgan fingerprint density at radius 1 is 1.45 bits per heavy atom. The molecule has 1 amide bonds. The molecule has 0 radical (unpaired) electrons. The molecule has 1 saturated heterocycles. The Bertz CT molecular complexity index is 174. The van der Waals surface area contributed by atoms with Crippen molar-refractivity contribution in [1.29, 1.82) is 0 Å². The number of hydrogen-bond donors (Lipinski definition) is 1. The summed E-state index contributed by atoms with van der Waals surface area (Å²) < 4.78 is 0. The lowest BCUT2D eigenvalue weighted by molar-refractivity contribution is -0.132. The molecule has 2 unspecified atom stereocenters. The number of carbonyl (C=O) groups is 1. The summed E-state index contributed by atoms with van der Waals surface area (Å²) in [5, 5.41) is 2.95. The van der Waals surface area contributed by atoms with E-state index in [-0.39, 0.29) is 17.2 Å². The van der Waals surface area contributed by atoms with Gasteiger partial charge in [-0.05, 0) is 18.8 Å². The van der Waals surface area contributed by atoms with E-state index in [9.17, 15) is 4.79 Å². The Labute approximate surface area is 68.4 Å². The van der Waals surface area contributed by atoms with Gasteiger partial charge < -0.3 is 5.32 Å². The molecule has 2 atom stereocenters. The predicted octanol–water partition coefficient (Wildman–Crippen LogP) is 1.56. The first-order chi connectivity index (χ1) is 4.93. The van der Waals surface area contributed by atoms with Crippen LogP contribution < -0.4 is 5.32 Å². The van der Waals surface area contributed by atoms with Gasteiger partial charge in [0.15, 0.2) is 0 Å². The predicted molar refractivity (Wildman–Crippen MR) is 45.2 cm³/mol. The van der Waals surface area contributed by atoms with Crippen LogP contribution in [-0.2, 0) is 4.79 Å². The quantitative estimate of drug-likeness (QED) is 0.565. The van der Waals surface area contributed by atoms with Crippen LogP contribution in [0.4, 0.5) is 0 Å². The fraction of sp³-hybridized carbons (Fsp3) is 0.889. The summed E-state index contributed by atoms with van der Waals surface area (Å²) >= 11 is 0. The maximum absolute atomic E-state index is 11.3. The van der Waals surface area contributed by atoms with E-state index >= 15 is 0 Å². The van der Waals surface area contributed by atoms with Gasteiger partial charge in [-0.3, -0.25) is 4.79 Å². The molecule has 1 rings (SSSR count). The van der Waals surface area contributed by atoms with Crippen LogP contribution in [0.2, 0.25) is 0 Å². The average molecular weight is 155 g/mol. The molecular formula is C9H17NO. The maximum Gasteiger partial charge on any atom is 0.223 e. The van der Waals surface area contributed by atoms with Crippen LogP contribution in [0.3, 0.4) is 0 Å². The highest BCUT2D eigenvalue weighted by atomic mass is 16.2. The summed E-state index contributed by atoms with van der Waals surface area (Å²) in [4.78, 5) is 11.3. The molecule has 2 heteroatoms. The molecule has 2 nitrogen and oxygen atoms in total. The van der Waals surface area contributed by atoms with Crippen LogP contribution in [0.5, 0.6) is 0 Å². The van der Waals surface area contributed by atoms with Crippen LogP contribution in [0.25, 0.3) is 0 Å². The zero-order valence-corrected chi connectivity index (χ0v) is 7.77. The molecule has 1 aliphatic heterocycles. The lowest BCUT2D eigenvalue weighted by Gasteiger charge is -2.39. The molecule has 0 aromatic heterocycles. The van der Waals surface area contributed by atoms with Gasteiger partial charge in [-0.15, -0.1) is 0 Å². The number of hydrogen-bond acceptors (Lipinski definition) is 1. The molecule has 64 valence electrons. The highest BCUT2D eigenvalue weighted by molar-refractivity contribution is 5.80. The van der Waals surface area contributed by atoms with Crippen molar-refractivity contribution in [3.8, 4) is 0 Å². The van der Waals surface area contributed by atoms with E-state index in [0.29, 0.717) is 6.04 Å². The molecule has 0 spiro atoms. The first-order valence-electron chi connectivity index (χ1n) is 4.24. The van der Waals surface area contributed by atoms with Gasteiger partial charge in [0.1, 0.15) is 0 Å². The zero-order chi connectivity index (χ0) is 8.65.